The summed E-state index contributed by atoms with van der Waals surface area (Å²) in [5, 5.41) is 9.12. The second-order valence-corrected chi connectivity index (χ2v) is 6.30. The summed E-state index contributed by atoms with van der Waals surface area (Å²) >= 11 is 12.1. The van der Waals surface area contributed by atoms with Crippen LogP contribution in [0.5, 0.6) is 0 Å². The highest BCUT2D eigenvalue weighted by Gasteiger charge is 2.15. The van der Waals surface area contributed by atoms with Gasteiger partial charge < -0.3 is 10.5 Å². The molecular weight excluding hydrogens is 337 g/mol. The van der Waals surface area contributed by atoms with Gasteiger partial charge in [-0.1, -0.05) is 28.4 Å². The van der Waals surface area contributed by atoms with Crippen LogP contribution in [0.1, 0.15) is 12.1 Å². The zero-order valence-corrected chi connectivity index (χ0v) is 14.2. The molecule has 0 spiro atoms. The van der Waals surface area contributed by atoms with Crippen LogP contribution in [-0.4, -0.2) is 52.7 Å². The fourth-order valence-corrected chi connectivity index (χ4v) is 2.96. The van der Waals surface area contributed by atoms with Gasteiger partial charge in [0.15, 0.2) is 5.82 Å². The van der Waals surface area contributed by atoms with Gasteiger partial charge in [0.2, 0.25) is 0 Å². The lowest BCUT2D eigenvalue weighted by atomic mass is 10.2. The molecule has 1 saturated heterocycles. The number of benzene rings is 1. The van der Waals surface area contributed by atoms with Crippen LogP contribution >= 0.6 is 23.2 Å². The third kappa shape index (κ3) is 3.95. The monoisotopic (exact) mass is 355 g/mol. The van der Waals surface area contributed by atoms with Gasteiger partial charge in [0.05, 0.1) is 34.6 Å². The van der Waals surface area contributed by atoms with Crippen molar-refractivity contribution >= 4 is 29.0 Å². The van der Waals surface area contributed by atoms with E-state index in [1.165, 1.54) is 0 Å². The van der Waals surface area contributed by atoms with E-state index < -0.39 is 0 Å². The van der Waals surface area contributed by atoms with Crippen LogP contribution in [-0.2, 0) is 11.2 Å². The Morgan fingerprint density at radius 3 is 2.70 bits per heavy atom. The summed E-state index contributed by atoms with van der Waals surface area (Å²) in [5.41, 5.74) is 7.69. The molecule has 0 radical (unpaired) electrons. The standard InChI is InChI=1S/C15H19Cl2N5O/c16-12-4-3-11(10-13(12)17)22-14(15(18)19-20-22)2-1-5-21-6-8-23-9-7-21/h3-4,10H,1-2,5-9,18H2. The first-order valence-electron chi connectivity index (χ1n) is 7.61. The minimum Gasteiger partial charge on any atom is -0.381 e. The van der Waals surface area contributed by atoms with E-state index in [1.807, 2.05) is 6.07 Å². The van der Waals surface area contributed by atoms with E-state index in [2.05, 4.69) is 15.2 Å². The Labute approximate surface area is 145 Å². The highest BCUT2D eigenvalue weighted by atomic mass is 35.5. The highest BCUT2D eigenvalue weighted by molar-refractivity contribution is 6.42. The zero-order chi connectivity index (χ0) is 16.2. The lowest BCUT2D eigenvalue weighted by Gasteiger charge is -2.26. The van der Waals surface area contributed by atoms with E-state index in [9.17, 15) is 0 Å². The molecule has 0 atom stereocenters. The second kappa shape index (κ2) is 7.49. The van der Waals surface area contributed by atoms with Crippen molar-refractivity contribution in [1.29, 1.82) is 0 Å². The maximum atomic E-state index is 6.09. The van der Waals surface area contributed by atoms with Crippen molar-refractivity contribution in [2.24, 2.45) is 0 Å². The number of rotatable bonds is 5. The molecule has 1 aromatic carbocycles. The number of ether oxygens (including phenoxy) is 1. The smallest absolute Gasteiger partial charge is 0.169 e. The largest absolute Gasteiger partial charge is 0.381 e. The normalized spacial score (nSPS) is 15.9. The molecule has 0 aliphatic carbocycles. The van der Waals surface area contributed by atoms with Crippen molar-refractivity contribution in [1.82, 2.24) is 19.9 Å². The van der Waals surface area contributed by atoms with Crippen molar-refractivity contribution in [2.75, 3.05) is 38.6 Å². The van der Waals surface area contributed by atoms with E-state index in [4.69, 9.17) is 33.7 Å². The first kappa shape index (κ1) is 16.5. The summed E-state index contributed by atoms with van der Waals surface area (Å²) in [6.07, 6.45) is 1.79. The van der Waals surface area contributed by atoms with Gasteiger partial charge in [0, 0.05) is 13.1 Å². The Balaban J connectivity index is 1.69. The van der Waals surface area contributed by atoms with E-state index in [1.54, 1.807) is 16.8 Å². The molecule has 0 amide bonds. The van der Waals surface area contributed by atoms with E-state index in [0.29, 0.717) is 15.9 Å². The number of anilines is 1. The maximum Gasteiger partial charge on any atom is 0.169 e. The van der Waals surface area contributed by atoms with Crippen LogP contribution < -0.4 is 5.73 Å². The number of nitrogens with zero attached hydrogens (tertiary/aromatic N) is 4. The molecule has 23 heavy (non-hydrogen) atoms. The number of nitrogen functional groups attached to an aromatic ring is 1. The van der Waals surface area contributed by atoms with Gasteiger partial charge in [-0.25, -0.2) is 4.68 Å². The summed E-state index contributed by atoms with van der Waals surface area (Å²) in [6, 6.07) is 5.37. The van der Waals surface area contributed by atoms with Gasteiger partial charge in [0.1, 0.15) is 0 Å². The summed E-state index contributed by atoms with van der Waals surface area (Å²) in [7, 11) is 0. The quantitative estimate of drug-likeness (QED) is 0.891. The van der Waals surface area contributed by atoms with Crippen LogP contribution in [0.15, 0.2) is 18.2 Å². The molecular formula is C15H19Cl2N5O. The molecule has 8 heteroatoms. The molecule has 2 aromatic rings. The van der Waals surface area contributed by atoms with Crippen LogP contribution in [0.25, 0.3) is 5.69 Å². The molecule has 0 bridgehead atoms. The average Bonchev–Trinajstić information content (AvgIpc) is 2.92. The van der Waals surface area contributed by atoms with Crippen LogP contribution in [0.2, 0.25) is 10.0 Å². The Morgan fingerprint density at radius 2 is 1.96 bits per heavy atom. The van der Waals surface area contributed by atoms with Crippen LogP contribution in [0.3, 0.4) is 0 Å². The highest BCUT2D eigenvalue weighted by Crippen LogP contribution is 2.25. The summed E-state index contributed by atoms with van der Waals surface area (Å²) in [6.45, 7) is 4.60. The molecule has 0 unspecified atom stereocenters. The number of morpholine rings is 1. The Kier molecular flexibility index (Phi) is 5.38. The fraction of sp³-hybridized carbons (Fsp3) is 0.467. The molecule has 0 saturated carbocycles. The molecule has 1 aliphatic heterocycles. The number of halogens is 2. The number of hydrogen-bond donors (Lipinski definition) is 1. The van der Waals surface area contributed by atoms with Crippen LogP contribution in [0.4, 0.5) is 5.82 Å². The minimum atomic E-state index is 0.457. The van der Waals surface area contributed by atoms with Gasteiger partial charge in [0.25, 0.3) is 0 Å². The molecule has 1 aliphatic rings. The summed E-state index contributed by atoms with van der Waals surface area (Å²) < 4.78 is 7.09. The van der Waals surface area contributed by atoms with E-state index >= 15 is 0 Å². The van der Waals surface area contributed by atoms with Gasteiger partial charge in [-0.2, -0.15) is 0 Å². The third-order valence-electron chi connectivity index (χ3n) is 3.93. The topological polar surface area (TPSA) is 69.2 Å². The molecule has 6 nitrogen and oxygen atoms in total. The Hall–Kier alpha value is -1.34. The second-order valence-electron chi connectivity index (χ2n) is 5.49. The molecule has 3 rings (SSSR count). The van der Waals surface area contributed by atoms with E-state index in [-0.39, 0.29) is 0 Å². The first-order valence-corrected chi connectivity index (χ1v) is 8.36. The molecule has 2 N–H and O–H groups in total. The summed E-state index contributed by atoms with van der Waals surface area (Å²) in [4.78, 5) is 2.40. The van der Waals surface area contributed by atoms with Crippen molar-refractivity contribution in [3.05, 3.63) is 33.9 Å². The Bertz CT molecular complexity index is 670. The van der Waals surface area contributed by atoms with Crippen LogP contribution in [0, 0.1) is 0 Å². The molecule has 124 valence electrons. The van der Waals surface area contributed by atoms with Gasteiger partial charge in [-0.15, -0.1) is 5.10 Å². The molecule has 1 fully saturated rings. The number of aromatic nitrogens is 3. The van der Waals surface area contributed by atoms with Gasteiger partial charge >= 0.3 is 0 Å². The van der Waals surface area contributed by atoms with Crippen molar-refractivity contribution < 1.29 is 4.74 Å². The van der Waals surface area contributed by atoms with Gasteiger partial charge in [-0.3, -0.25) is 4.90 Å². The van der Waals surface area contributed by atoms with Crippen molar-refractivity contribution in [3.63, 3.8) is 0 Å². The predicted molar refractivity (Wildman–Crippen MR) is 91.4 cm³/mol. The molecule has 2 heterocycles. The molecule has 1 aromatic heterocycles. The Morgan fingerprint density at radius 1 is 1.17 bits per heavy atom. The third-order valence-corrected chi connectivity index (χ3v) is 4.67. The number of nitrogens with two attached hydrogens (primary N) is 1. The maximum absolute atomic E-state index is 6.09. The fourth-order valence-electron chi connectivity index (χ4n) is 2.67. The first-order chi connectivity index (χ1) is 11.1. The van der Waals surface area contributed by atoms with Crippen molar-refractivity contribution in [3.8, 4) is 5.69 Å². The zero-order valence-electron chi connectivity index (χ0n) is 12.7. The lowest BCUT2D eigenvalue weighted by molar-refractivity contribution is 0.0374. The number of hydrogen-bond acceptors (Lipinski definition) is 5. The lowest BCUT2D eigenvalue weighted by Crippen LogP contribution is -2.37. The summed E-state index contributed by atoms with van der Waals surface area (Å²) in [5.74, 6) is 0.457. The van der Waals surface area contributed by atoms with Crippen molar-refractivity contribution in [2.45, 2.75) is 12.8 Å². The predicted octanol–water partition coefficient (Wildman–Crippen LogP) is 2.42. The average molecular weight is 356 g/mol. The van der Waals surface area contributed by atoms with Gasteiger partial charge in [-0.05, 0) is 37.6 Å². The minimum absolute atomic E-state index is 0.457. The van der Waals surface area contributed by atoms with E-state index in [0.717, 1.165) is 57.1 Å². The SMILES string of the molecule is Nc1nnn(-c2ccc(Cl)c(Cl)c2)c1CCCN1CCOCC1.